The van der Waals surface area contributed by atoms with E-state index in [0.717, 1.165) is 11.1 Å². The van der Waals surface area contributed by atoms with Crippen molar-refractivity contribution in [3.63, 3.8) is 0 Å². The monoisotopic (exact) mass is 468 g/mol. The zero-order valence-corrected chi connectivity index (χ0v) is 18.4. The number of imide groups is 1. The van der Waals surface area contributed by atoms with E-state index in [-0.39, 0.29) is 35.7 Å². The van der Waals surface area contributed by atoms with E-state index in [9.17, 15) is 24.8 Å². The van der Waals surface area contributed by atoms with Crippen LogP contribution in [0.5, 0.6) is 5.88 Å². The lowest BCUT2D eigenvalue weighted by Crippen LogP contribution is -2.22. The normalized spacial score (nSPS) is 16.0. The molecule has 4 aromatic rings. The summed E-state index contributed by atoms with van der Waals surface area (Å²) >= 11 is 0. The summed E-state index contributed by atoms with van der Waals surface area (Å²) in [6, 6.07) is 20.9. The standard InChI is InChI=1S/C26H20N4O5/c31-22-13-17(25(32)29-22)12-15-6-8-18(9-7-15)27-24(16-4-2-1-3-5-16)23-20-14-19(30(34)35)10-11-21(20)28-26(23)33/h1-11,14,17,28,33H,12-13H2,(H,29,31,32). The molecule has 1 aromatic heterocycles. The highest BCUT2D eigenvalue weighted by atomic mass is 16.6. The molecule has 2 heterocycles. The summed E-state index contributed by atoms with van der Waals surface area (Å²) in [7, 11) is 0. The highest BCUT2D eigenvalue weighted by molar-refractivity contribution is 6.22. The molecule has 1 atom stereocenters. The quantitative estimate of drug-likeness (QED) is 0.169. The van der Waals surface area contributed by atoms with Crippen LogP contribution in [0.25, 0.3) is 10.9 Å². The second-order valence-corrected chi connectivity index (χ2v) is 8.35. The molecule has 0 aliphatic carbocycles. The molecule has 1 saturated heterocycles. The molecule has 35 heavy (non-hydrogen) atoms. The number of aliphatic imine (C=N–C) groups is 1. The first kappa shape index (κ1) is 22.0. The van der Waals surface area contributed by atoms with Gasteiger partial charge in [0.25, 0.3) is 5.69 Å². The third kappa shape index (κ3) is 4.39. The number of nitrogens with one attached hydrogen (secondary N) is 2. The highest BCUT2D eigenvalue weighted by Gasteiger charge is 2.30. The molecule has 0 radical (unpaired) electrons. The van der Waals surface area contributed by atoms with Crippen LogP contribution in [0.3, 0.4) is 0 Å². The summed E-state index contributed by atoms with van der Waals surface area (Å²) in [5.41, 5.74) is 3.48. The number of aromatic hydroxyl groups is 1. The molecular formula is C26H20N4O5. The van der Waals surface area contributed by atoms with Gasteiger partial charge in [-0.05, 0) is 30.2 Å². The van der Waals surface area contributed by atoms with Gasteiger partial charge in [-0.3, -0.25) is 25.0 Å². The first-order valence-electron chi connectivity index (χ1n) is 11.0. The van der Waals surface area contributed by atoms with E-state index in [1.54, 1.807) is 18.2 Å². The Balaban J connectivity index is 1.56. The van der Waals surface area contributed by atoms with Crippen molar-refractivity contribution in [3.05, 3.63) is 99.6 Å². The van der Waals surface area contributed by atoms with Crippen LogP contribution in [0.4, 0.5) is 11.4 Å². The van der Waals surface area contributed by atoms with Gasteiger partial charge in [-0.1, -0.05) is 42.5 Å². The third-order valence-corrected chi connectivity index (χ3v) is 5.98. The second-order valence-electron chi connectivity index (χ2n) is 8.35. The maximum absolute atomic E-state index is 11.9. The lowest BCUT2D eigenvalue weighted by molar-refractivity contribution is -0.384. The van der Waals surface area contributed by atoms with Gasteiger partial charge in [0.1, 0.15) is 0 Å². The Labute approximate surface area is 199 Å². The number of H-pyrrole nitrogens is 1. The first-order valence-corrected chi connectivity index (χ1v) is 11.0. The Hall–Kier alpha value is -4.79. The minimum atomic E-state index is -0.483. The van der Waals surface area contributed by atoms with Gasteiger partial charge in [-0.25, -0.2) is 4.99 Å². The molecular weight excluding hydrogens is 448 g/mol. The topological polar surface area (TPSA) is 138 Å². The second kappa shape index (κ2) is 8.86. The van der Waals surface area contributed by atoms with Crippen molar-refractivity contribution in [2.75, 3.05) is 0 Å². The van der Waals surface area contributed by atoms with Gasteiger partial charge in [0, 0.05) is 35.0 Å². The molecule has 1 aliphatic rings. The van der Waals surface area contributed by atoms with Crippen LogP contribution in [0.1, 0.15) is 23.1 Å². The van der Waals surface area contributed by atoms with Gasteiger partial charge >= 0.3 is 0 Å². The molecule has 174 valence electrons. The number of fused-ring (bicyclic) bond motifs is 1. The number of carbonyl (C=O) groups is 2. The van der Waals surface area contributed by atoms with Gasteiger partial charge in [0.2, 0.25) is 11.8 Å². The third-order valence-electron chi connectivity index (χ3n) is 5.98. The Bertz CT molecular complexity index is 1490. The van der Waals surface area contributed by atoms with Gasteiger partial charge in [0.15, 0.2) is 5.88 Å². The van der Waals surface area contributed by atoms with E-state index in [1.807, 2.05) is 42.5 Å². The molecule has 5 rings (SSSR count). The highest BCUT2D eigenvalue weighted by Crippen LogP contribution is 2.33. The number of amides is 2. The summed E-state index contributed by atoms with van der Waals surface area (Å²) in [5.74, 6) is -1.04. The molecule has 9 nitrogen and oxygen atoms in total. The number of nitro groups is 1. The summed E-state index contributed by atoms with van der Waals surface area (Å²) in [4.78, 5) is 41.8. The van der Waals surface area contributed by atoms with Crippen molar-refractivity contribution in [2.45, 2.75) is 12.8 Å². The number of nitrogens with zero attached hydrogens (tertiary/aromatic N) is 2. The van der Waals surface area contributed by atoms with Crippen LogP contribution in [0, 0.1) is 16.0 Å². The summed E-state index contributed by atoms with van der Waals surface area (Å²) in [6.07, 6.45) is 0.628. The van der Waals surface area contributed by atoms with Crippen molar-refractivity contribution in [1.29, 1.82) is 0 Å². The zero-order valence-electron chi connectivity index (χ0n) is 18.4. The molecule has 0 spiro atoms. The molecule has 9 heteroatoms. The molecule has 2 amide bonds. The zero-order chi connectivity index (χ0) is 24.5. The van der Waals surface area contributed by atoms with Crippen molar-refractivity contribution < 1.29 is 19.6 Å². The van der Waals surface area contributed by atoms with Crippen LogP contribution in [-0.2, 0) is 16.0 Å². The molecule has 1 aliphatic heterocycles. The molecule has 0 saturated carbocycles. The van der Waals surface area contributed by atoms with Crippen LogP contribution in [0.2, 0.25) is 0 Å². The van der Waals surface area contributed by atoms with E-state index in [1.165, 1.54) is 12.1 Å². The minimum absolute atomic E-state index is 0.0936. The number of aromatic amines is 1. The number of hydrogen-bond acceptors (Lipinski definition) is 6. The van der Waals surface area contributed by atoms with Crippen LogP contribution in [-0.4, -0.2) is 32.5 Å². The maximum atomic E-state index is 11.9. The van der Waals surface area contributed by atoms with Crippen molar-refractivity contribution in [3.8, 4) is 5.88 Å². The predicted molar refractivity (Wildman–Crippen MR) is 130 cm³/mol. The molecule has 3 aromatic carbocycles. The van der Waals surface area contributed by atoms with Crippen LogP contribution < -0.4 is 5.32 Å². The predicted octanol–water partition coefficient (Wildman–Crippen LogP) is 4.16. The lowest BCUT2D eigenvalue weighted by atomic mass is 9.97. The van der Waals surface area contributed by atoms with E-state index in [4.69, 9.17) is 4.99 Å². The van der Waals surface area contributed by atoms with E-state index < -0.39 is 4.92 Å². The number of non-ortho nitro benzene ring substituents is 1. The SMILES string of the molecule is O=C1CC(Cc2ccc(N=C(c3ccccc3)c3c(O)[nH]c4ccc([N+](=O)[O-])cc34)cc2)C(=O)N1. The average molecular weight is 468 g/mol. The summed E-state index contributed by atoms with van der Waals surface area (Å²) in [6.45, 7) is 0. The van der Waals surface area contributed by atoms with Crippen molar-refractivity contribution in [2.24, 2.45) is 10.9 Å². The van der Waals surface area contributed by atoms with Crippen LogP contribution >= 0.6 is 0 Å². The fourth-order valence-corrected chi connectivity index (χ4v) is 4.27. The first-order chi connectivity index (χ1) is 16.9. The van der Waals surface area contributed by atoms with Gasteiger partial charge in [0.05, 0.1) is 27.8 Å². The minimum Gasteiger partial charge on any atom is -0.494 e. The lowest BCUT2D eigenvalue weighted by Gasteiger charge is -2.09. The van der Waals surface area contributed by atoms with Gasteiger partial charge < -0.3 is 10.1 Å². The number of hydrogen-bond donors (Lipinski definition) is 3. The Morgan fingerprint density at radius 2 is 1.80 bits per heavy atom. The molecule has 0 bridgehead atoms. The summed E-state index contributed by atoms with van der Waals surface area (Å²) in [5, 5.41) is 24.9. The fourth-order valence-electron chi connectivity index (χ4n) is 4.27. The Morgan fingerprint density at radius 1 is 1.06 bits per heavy atom. The number of aromatic nitrogens is 1. The fraction of sp³-hybridized carbons (Fsp3) is 0.115. The maximum Gasteiger partial charge on any atom is 0.270 e. The summed E-state index contributed by atoms with van der Waals surface area (Å²) < 4.78 is 0. The average Bonchev–Trinajstić information content (AvgIpc) is 3.35. The number of nitro benzene ring substituents is 1. The molecule has 3 N–H and O–H groups in total. The Morgan fingerprint density at radius 3 is 2.46 bits per heavy atom. The molecule has 1 unspecified atom stereocenters. The van der Waals surface area contributed by atoms with E-state index in [0.29, 0.717) is 34.3 Å². The van der Waals surface area contributed by atoms with E-state index >= 15 is 0 Å². The smallest absolute Gasteiger partial charge is 0.270 e. The largest absolute Gasteiger partial charge is 0.494 e. The van der Waals surface area contributed by atoms with Crippen molar-refractivity contribution >= 4 is 39.8 Å². The molecule has 1 fully saturated rings. The number of carbonyl (C=O) groups excluding carboxylic acids is 2. The Kier molecular flexibility index (Phi) is 5.58. The van der Waals surface area contributed by atoms with Crippen molar-refractivity contribution in [1.82, 2.24) is 10.3 Å². The van der Waals surface area contributed by atoms with Crippen LogP contribution in [0.15, 0.2) is 77.8 Å². The van der Waals surface area contributed by atoms with Gasteiger partial charge in [-0.2, -0.15) is 0 Å². The van der Waals surface area contributed by atoms with E-state index in [2.05, 4.69) is 10.3 Å². The number of rotatable bonds is 6. The number of benzene rings is 3. The van der Waals surface area contributed by atoms with Gasteiger partial charge in [-0.15, -0.1) is 0 Å².